The maximum absolute atomic E-state index is 11.0. The molecule has 0 aliphatic rings. The Kier molecular flexibility index (Phi) is 6.92. The maximum atomic E-state index is 11.0. The van der Waals surface area contributed by atoms with Gasteiger partial charge in [0.25, 0.3) is 0 Å². The Morgan fingerprint density at radius 2 is 2.29 bits per heavy atom. The first-order valence-corrected chi connectivity index (χ1v) is 5.41. The molecule has 0 fully saturated rings. The number of carbonyl (C=O) groups is 2. The summed E-state index contributed by atoms with van der Waals surface area (Å²) in [5.41, 5.74) is 0. The van der Waals surface area contributed by atoms with Crippen molar-refractivity contribution in [2.75, 3.05) is 18.1 Å². The van der Waals surface area contributed by atoms with Crippen LogP contribution in [0.2, 0.25) is 0 Å². The van der Waals surface area contributed by atoms with Crippen LogP contribution >= 0.6 is 11.8 Å². The Hall–Kier alpha value is -0.970. The molecule has 0 aromatic carbocycles. The Morgan fingerprint density at radius 3 is 2.79 bits per heavy atom. The minimum atomic E-state index is -0.830. The number of hydrogen-bond acceptors (Lipinski definition) is 3. The molecule has 0 heterocycles. The average molecular weight is 217 g/mol. The molecule has 5 heteroatoms. The third-order valence-electron chi connectivity index (χ3n) is 1.47. The summed E-state index contributed by atoms with van der Waals surface area (Å²) in [5.74, 6) is -0.578. The van der Waals surface area contributed by atoms with Gasteiger partial charge in [-0.05, 0) is 0 Å². The van der Waals surface area contributed by atoms with E-state index in [2.05, 4.69) is 11.9 Å². The molecule has 1 unspecified atom stereocenters. The van der Waals surface area contributed by atoms with Gasteiger partial charge in [0, 0.05) is 12.3 Å². The predicted octanol–water partition coefficient (Wildman–Crippen LogP) is 0.742. The Bertz CT molecular complexity index is 218. The molecule has 0 saturated heterocycles. The monoisotopic (exact) mass is 217 g/mol. The number of nitrogens with one attached hydrogen (secondary N) is 1. The number of amides is 1. The lowest BCUT2D eigenvalue weighted by Crippen LogP contribution is -2.25. The van der Waals surface area contributed by atoms with Crippen molar-refractivity contribution in [1.82, 2.24) is 5.32 Å². The predicted molar refractivity (Wildman–Crippen MR) is 57.3 cm³/mol. The van der Waals surface area contributed by atoms with Crippen molar-refractivity contribution in [1.29, 1.82) is 0 Å². The zero-order chi connectivity index (χ0) is 11.0. The summed E-state index contributed by atoms with van der Waals surface area (Å²) >= 11 is 1.32. The zero-order valence-electron chi connectivity index (χ0n) is 8.16. The standard InChI is InChI=1S/C9H15NO3S/c1-3-4-10-8(11)6-14-5-7(2)9(12)13/h3,7H,1,4-6H2,2H3,(H,10,11)(H,12,13). The van der Waals surface area contributed by atoms with Crippen molar-refractivity contribution >= 4 is 23.6 Å². The zero-order valence-corrected chi connectivity index (χ0v) is 8.97. The minimum Gasteiger partial charge on any atom is -0.481 e. The molecule has 0 bridgehead atoms. The third kappa shape index (κ3) is 6.54. The fraction of sp³-hybridized carbons (Fsp3) is 0.556. The second-order valence-electron chi connectivity index (χ2n) is 2.85. The largest absolute Gasteiger partial charge is 0.481 e. The summed E-state index contributed by atoms with van der Waals surface area (Å²) in [5, 5.41) is 11.2. The molecule has 0 aliphatic carbocycles. The number of aliphatic carboxylic acids is 1. The van der Waals surface area contributed by atoms with Gasteiger partial charge >= 0.3 is 5.97 Å². The van der Waals surface area contributed by atoms with E-state index in [1.54, 1.807) is 13.0 Å². The van der Waals surface area contributed by atoms with Gasteiger partial charge < -0.3 is 10.4 Å². The highest BCUT2D eigenvalue weighted by Crippen LogP contribution is 2.07. The molecule has 1 amide bonds. The summed E-state index contributed by atoms with van der Waals surface area (Å²) in [7, 11) is 0. The lowest BCUT2D eigenvalue weighted by Gasteiger charge is -2.05. The van der Waals surface area contributed by atoms with Crippen molar-refractivity contribution in [2.45, 2.75) is 6.92 Å². The molecule has 0 saturated carbocycles. The van der Waals surface area contributed by atoms with Gasteiger partial charge in [0.05, 0.1) is 11.7 Å². The van der Waals surface area contributed by atoms with Gasteiger partial charge in [-0.15, -0.1) is 6.58 Å². The normalized spacial score (nSPS) is 11.8. The molecule has 0 aromatic heterocycles. The molecule has 1 atom stereocenters. The number of hydrogen-bond donors (Lipinski definition) is 2. The van der Waals surface area contributed by atoms with Crippen LogP contribution in [0.5, 0.6) is 0 Å². The number of rotatable bonds is 7. The fourth-order valence-corrected chi connectivity index (χ4v) is 1.54. The summed E-state index contributed by atoms with van der Waals surface area (Å²) in [6, 6.07) is 0. The van der Waals surface area contributed by atoms with Crippen LogP contribution < -0.4 is 5.32 Å². The fourth-order valence-electron chi connectivity index (χ4n) is 0.637. The summed E-state index contributed by atoms with van der Waals surface area (Å²) in [6.45, 7) is 5.54. The van der Waals surface area contributed by atoms with Crippen molar-refractivity contribution in [3.05, 3.63) is 12.7 Å². The van der Waals surface area contributed by atoms with Gasteiger partial charge in [-0.3, -0.25) is 9.59 Å². The number of carboxylic acid groups (broad SMARTS) is 1. The van der Waals surface area contributed by atoms with Gasteiger partial charge in [0.2, 0.25) is 5.91 Å². The molecule has 14 heavy (non-hydrogen) atoms. The minimum absolute atomic E-state index is 0.0903. The van der Waals surface area contributed by atoms with E-state index in [4.69, 9.17) is 5.11 Å². The van der Waals surface area contributed by atoms with Gasteiger partial charge in [0.1, 0.15) is 0 Å². The first-order chi connectivity index (χ1) is 6.57. The molecule has 0 aliphatic heterocycles. The van der Waals surface area contributed by atoms with Gasteiger partial charge in [-0.2, -0.15) is 11.8 Å². The van der Waals surface area contributed by atoms with Crippen LogP contribution in [0.15, 0.2) is 12.7 Å². The van der Waals surface area contributed by atoms with Crippen molar-refractivity contribution in [2.24, 2.45) is 5.92 Å². The van der Waals surface area contributed by atoms with Crippen molar-refractivity contribution in [3.8, 4) is 0 Å². The number of carboxylic acids is 1. The van der Waals surface area contributed by atoms with Crippen LogP contribution in [0.4, 0.5) is 0 Å². The van der Waals surface area contributed by atoms with Crippen LogP contribution in [0.25, 0.3) is 0 Å². The van der Waals surface area contributed by atoms with Crippen LogP contribution in [-0.2, 0) is 9.59 Å². The Balaban J connectivity index is 3.48. The highest BCUT2D eigenvalue weighted by molar-refractivity contribution is 7.99. The summed E-state index contributed by atoms with van der Waals surface area (Å²) in [4.78, 5) is 21.4. The van der Waals surface area contributed by atoms with E-state index in [1.165, 1.54) is 11.8 Å². The van der Waals surface area contributed by atoms with E-state index < -0.39 is 11.9 Å². The van der Waals surface area contributed by atoms with Gasteiger partial charge in [0.15, 0.2) is 0 Å². The molecule has 0 aromatic rings. The molecule has 80 valence electrons. The lowest BCUT2D eigenvalue weighted by atomic mass is 10.2. The second kappa shape index (κ2) is 7.44. The van der Waals surface area contributed by atoms with E-state index in [0.717, 1.165) is 0 Å². The van der Waals surface area contributed by atoms with E-state index in [-0.39, 0.29) is 5.91 Å². The highest BCUT2D eigenvalue weighted by Gasteiger charge is 2.11. The quantitative estimate of drug-likeness (QED) is 0.617. The Labute approximate surface area is 87.8 Å². The molecule has 0 radical (unpaired) electrons. The molecular weight excluding hydrogens is 202 g/mol. The molecule has 2 N–H and O–H groups in total. The van der Waals surface area contributed by atoms with Gasteiger partial charge in [-0.25, -0.2) is 0 Å². The van der Waals surface area contributed by atoms with E-state index in [1.807, 2.05) is 0 Å². The second-order valence-corrected chi connectivity index (χ2v) is 3.88. The Morgan fingerprint density at radius 1 is 1.64 bits per heavy atom. The van der Waals surface area contributed by atoms with E-state index in [9.17, 15) is 9.59 Å². The number of thioether (sulfide) groups is 1. The smallest absolute Gasteiger partial charge is 0.307 e. The first kappa shape index (κ1) is 13.0. The van der Waals surface area contributed by atoms with Crippen molar-refractivity contribution < 1.29 is 14.7 Å². The third-order valence-corrected chi connectivity index (χ3v) is 2.67. The SMILES string of the molecule is C=CCNC(=O)CSCC(C)C(=O)O. The summed E-state index contributed by atoms with van der Waals surface area (Å²) < 4.78 is 0. The van der Waals surface area contributed by atoms with Crippen LogP contribution in [0.3, 0.4) is 0 Å². The number of carbonyl (C=O) groups excluding carboxylic acids is 1. The topological polar surface area (TPSA) is 66.4 Å². The van der Waals surface area contributed by atoms with E-state index in [0.29, 0.717) is 18.1 Å². The van der Waals surface area contributed by atoms with Crippen LogP contribution in [0, 0.1) is 5.92 Å². The molecular formula is C9H15NO3S. The molecule has 0 rings (SSSR count). The maximum Gasteiger partial charge on any atom is 0.307 e. The van der Waals surface area contributed by atoms with Crippen LogP contribution in [0.1, 0.15) is 6.92 Å². The summed E-state index contributed by atoms with van der Waals surface area (Å²) in [6.07, 6.45) is 1.60. The molecule has 4 nitrogen and oxygen atoms in total. The lowest BCUT2D eigenvalue weighted by molar-refractivity contribution is -0.140. The molecule has 0 spiro atoms. The van der Waals surface area contributed by atoms with E-state index >= 15 is 0 Å². The first-order valence-electron chi connectivity index (χ1n) is 4.26. The highest BCUT2D eigenvalue weighted by atomic mass is 32.2. The average Bonchev–Trinajstić information content (AvgIpc) is 2.14. The van der Waals surface area contributed by atoms with Crippen molar-refractivity contribution in [3.63, 3.8) is 0 Å². The van der Waals surface area contributed by atoms with Gasteiger partial charge in [-0.1, -0.05) is 13.0 Å². The van der Waals surface area contributed by atoms with Crippen LogP contribution in [-0.4, -0.2) is 35.0 Å².